The fourth-order valence-electron chi connectivity index (χ4n) is 3.01. The average Bonchev–Trinajstić information content (AvgIpc) is 3.16. The molecule has 0 atom stereocenters. The molecule has 1 aliphatic rings. The Balaban J connectivity index is 1.88. The van der Waals surface area contributed by atoms with Crippen LogP contribution in [0.1, 0.15) is 39.1 Å². The Morgan fingerprint density at radius 1 is 1.00 bits per heavy atom. The van der Waals surface area contributed by atoms with Gasteiger partial charge in [-0.25, -0.2) is 0 Å². The van der Waals surface area contributed by atoms with E-state index >= 15 is 0 Å². The van der Waals surface area contributed by atoms with Gasteiger partial charge in [0.1, 0.15) is 0 Å². The Hall–Kier alpha value is -2.86. The number of primary amides is 1. The van der Waals surface area contributed by atoms with E-state index in [1.807, 2.05) is 18.2 Å². The van der Waals surface area contributed by atoms with E-state index in [1.165, 1.54) is 0 Å². The van der Waals surface area contributed by atoms with Gasteiger partial charge in [-0.2, -0.15) is 0 Å². The van der Waals surface area contributed by atoms with Crippen molar-refractivity contribution >= 4 is 23.2 Å². The van der Waals surface area contributed by atoms with Gasteiger partial charge in [-0.15, -0.1) is 0 Å². The van der Waals surface area contributed by atoms with E-state index in [9.17, 15) is 9.59 Å². The van der Waals surface area contributed by atoms with Crippen LogP contribution in [-0.2, 0) is 6.54 Å². The molecule has 0 spiro atoms. The predicted molar refractivity (Wildman–Crippen MR) is 98.7 cm³/mol. The van der Waals surface area contributed by atoms with E-state index in [0.717, 1.165) is 37.2 Å². The van der Waals surface area contributed by atoms with Crippen molar-refractivity contribution in [3.05, 3.63) is 59.2 Å². The molecule has 2 aromatic rings. The topological polar surface area (TPSA) is 101 Å². The zero-order chi connectivity index (χ0) is 17.8. The van der Waals surface area contributed by atoms with Gasteiger partial charge in [0.05, 0.1) is 11.4 Å². The standard InChI is InChI=1S/C19H22N4O2/c20-12-13-3-5-14(6-4-13)19(25)22-16-11-15(18(21)24)7-8-17(16)23-9-1-2-10-23/h3-8,11H,1-2,9-10,12,20H2,(H2,21,24)(H,22,25). The molecule has 0 radical (unpaired) electrons. The number of amides is 2. The van der Waals surface area contributed by atoms with Crippen LogP contribution in [0.3, 0.4) is 0 Å². The first-order chi connectivity index (χ1) is 12.1. The monoisotopic (exact) mass is 338 g/mol. The van der Waals surface area contributed by atoms with Crippen molar-refractivity contribution in [2.24, 2.45) is 11.5 Å². The van der Waals surface area contributed by atoms with Crippen molar-refractivity contribution in [3.63, 3.8) is 0 Å². The molecular weight excluding hydrogens is 316 g/mol. The molecule has 6 heteroatoms. The summed E-state index contributed by atoms with van der Waals surface area (Å²) in [6.45, 7) is 2.30. The lowest BCUT2D eigenvalue weighted by atomic mass is 10.1. The first-order valence-electron chi connectivity index (χ1n) is 8.37. The fourth-order valence-corrected chi connectivity index (χ4v) is 3.01. The highest BCUT2D eigenvalue weighted by molar-refractivity contribution is 6.07. The van der Waals surface area contributed by atoms with E-state index < -0.39 is 5.91 Å². The molecule has 0 aliphatic carbocycles. The van der Waals surface area contributed by atoms with Crippen LogP contribution >= 0.6 is 0 Å². The number of benzene rings is 2. The van der Waals surface area contributed by atoms with Gasteiger partial charge in [0.2, 0.25) is 5.91 Å². The maximum atomic E-state index is 12.6. The summed E-state index contributed by atoms with van der Waals surface area (Å²) in [4.78, 5) is 26.3. The lowest BCUT2D eigenvalue weighted by Crippen LogP contribution is -2.22. The minimum atomic E-state index is -0.518. The van der Waals surface area contributed by atoms with Crippen molar-refractivity contribution in [2.45, 2.75) is 19.4 Å². The quantitative estimate of drug-likeness (QED) is 0.777. The molecule has 130 valence electrons. The van der Waals surface area contributed by atoms with Crippen LogP contribution in [0, 0.1) is 0 Å². The summed E-state index contributed by atoms with van der Waals surface area (Å²) in [7, 11) is 0. The molecule has 0 bridgehead atoms. The molecular formula is C19H22N4O2. The van der Waals surface area contributed by atoms with Gasteiger partial charge >= 0.3 is 0 Å². The first kappa shape index (κ1) is 17.0. The number of carbonyl (C=O) groups excluding carboxylic acids is 2. The second-order valence-corrected chi connectivity index (χ2v) is 6.15. The van der Waals surface area contributed by atoms with E-state index in [0.29, 0.717) is 23.4 Å². The third kappa shape index (κ3) is 3.80. The number of anilines is 2. The van der Waals surface area contributed by atoms with Crippen molar-refractivity contribution < 1.29 is 9.59 Å². The second kappa shape index (κ2) is 7.36. The number of carbonyl (C=O) groups is 2. The molecule has 5 N–H and O–H groups in total. The van der Waals surface area contributed by atoms with Crippen molar-refractivity contribution in [3.8, 4) is 0 Å². The molecule has 0 aromatic heterocycles. The van der Waals surface area contributed by atoms with Crippen LogP contribution in [0.15, 0.2) is 42.5 Å². The van der Waals surface area contributed by atoms with Crippen LogP contribution in [0.25, 0.3) is 0 Å². The van der Waals surface area contributed by atoms with Crippen molar-refractivity contribution in [2.75, 3.05) is 23.3 Å². The number of hydrogen-bond donors (Lipinski definition) is 3. The number of nitrogens with one attached hydrogen (secondary N) is 1. The van der Waals surface area contributed by atoms with Crippen LogP contribution in [-0.4, -0.2) is 24.9 Å². The number of nitrogens with two attached hydrogens (primary N) is 2. The fraction of sp³-hybridized carbons (Fsp3) is 0.263. The smallest absolute Gasteiger partial charge is 0.255 e. The van der Waals surface area contributed by atoms with Gasteiger partial charge < -0.3 is 21.7 Å². The molecule has 2 aromatic carbocycles. The normalized spacial score (nSPS) is 13.7. The Kier molecular flexibility index (Phi) is 5.00. The zero-order valence-corrected chi connectivity index (χ0v) is 14.0. The van der Waals surface area contributed by atoms with Gasteiger partial charge in [0.25, 0.3) is 5.91 Å². The van der Waals surface area contributed by atoms with Crippen molar-refractivity contribution in [1.82, 2.24) is 0 Å². The molecule has 1 heterocycles. The highest BCUT2D eigenvalue weighted by Crippen LogP contribution is 2.30. The lowest BCUT2D eigenvalue weighted by Gasteiger charge is -2.22. The Morgan fingerprint density at radius 3 is 2.24 bits per heavy atom. The summed E-state index contributed by atoms with van der Waals surface area (Å²) in [6.07, 6.45) is 2.23. The Bertz CT molecular complexity index is 781. The van der Waals surface area contributed by atoms with Crippen LogP contribution < -0.4 is 21.7 Å². The molecule has 1 saturated heterocycles. The highest BCUT2D eigenvalue weighted by atomic mass is 16.2. The number of rotatable bonds is 5. The Labute approximate surface area is 146 Å². The van der Waals surface area contributed by atoms with Crippen LogP contribution in [0.5, 0.6) is 0 Å². The van der Waals surface area contributed by atoms with E-state index in [-0.39, 0.29) is 5.91 Å². The van der Waals surface area contributed by atoms with Gasteiger partial charge in [-0.3, -0.25) is 9.59 Å². The molecule has 0 saturated carbocycles. The largest absolute Gasteiger partial charge is 0.370 e. The third-order valence-corrected chi connectivity index (χ3v) is 4.43. The second-order valence-electron chi connectivity index (χ2n) is 6.15. The summed E-state index contributed by atoms with van der Waals surface area (Å²) < 4.78 is 0. The molecule has 2 amide bonds. The minimum Gasteiger partial charge on any atom is -0.370 e. The highest BCUT2D eigenvalue weighted by Gasteiger charge is 2.18. The molecule has 1 fully saturated rings. The maximum Gasteiger partial charge on any atom is 0.255 e. The third-order valence-electron chi connectivity index (χ3n) is 4.43. The van der Waals surface area contributed by atoms with Gasteiger partial charge in [-0.05, 0) is 48.7 Å². The number of nitrogens with zero attached hydrogens (tertiary/aromatic N) is 1. The molecule has 1 aliphatic heterocycles. The van der Waals surface area contributed by atoms with Crippen LogP contribution in [0.4, 0.5) is 11.4 Å². The first-order valence-corrected chi connectivity index (χ1v) is 8.37. The summed E-state index contributed by atoms with van der Waals surface area (Å²) in [5.41, 5.74) is 14.4. The molecule has 6 nitrogen and oxygen atoms in total. The summed E-state index contributed by atoms with van der Waals surface area (Å²) >= 11 is 0. The molecule has 25 heavy (non-hydrogen) atoms. The van der Waals surface area contributed by atoms with E-state index in [4.69, 9.17) is 11.5 Å². The minimum absolute atomic E-state index is 0.231. The maximum absolute atomic E-state index is 12.6. The summed E-state index contributed by atoms with van der Waals surface area (Å²) in [5.74, 6) is -0.749. The van der Waals surface area contributed by atoms with Gasteiger partial charge in [0, 0.05) is 30.8 Å². The SMILES string of the molecule is NCc1ccc(C(=O)Nc2cc(C(N)=O)ccc2N2CCCC2)cc1. The lowest BCUT2D eigenvalue weighted by molar-refractivity contribution is 0.0996. The summed E-state index contributed by atoms with van der Waals surface area (Å²) in [6, 6.07) is 12.3. The Morgan fingerprint density at radius 2 is 1.64 bits per heavy atom. The van der Waals surface area contributed by atoms with Crippen molar-refractivity contribution in [1.29, 1.82) is 0 Å². The van der Waals surface area contributed by atoms with Gasteiger partial charge in [0.15, 0.2) is 0 Å². The summed E-state index contributed by atoms with van der Waals surface area (Å²) in [5, 5.41) is 2.92. The molecule has 3 rings (SSSR count). The predicted octanol–water partition coefficient (Wildman–Crippen LogP) is 2.10. The van der Waals surface area contributed by atoms with E-state index in [2.05, 4.69) is 10.2 Å². The molecule has 0 unspecified atom stereocenters. The average molecular weight is 338 g/mol. The van der Waals surface area contributed by atoms with Crippen LogP contribution in [0.2, 0.25) is 0 Å². The van der Waals surface area contributed by atoms with E-state index in [1.54, 1.807) is 24.3 Å². The van der Waals surface area contributed by atoms with Gasteiger partial charge in [-0.1, -0.05) is 12.1 Å². The number of hydrogen-bond acceptors (Lipinski definition) is 4. The zero-order valence-electron chi connectivity index (χ0n) is 14.0.